The van der Waals surface area contributed by atoms with Crippen molar-refractivity contribution in [2.45, 2.75) is 17.5 Å². The minimum absolute atomic E-state index is 0.00196. The van der Waals surface area contributed by atoms with Crippen molar-refractivity contribution in [1.29, 1.82) is 0 Å². The van der Waals surface area contributed by atoms with Gasteiger partial charge in [0.2, 0.25) is 10.0 Å². The van der Waals surface area contributed by atoms with Crippen molar-refractivity contribution >= 4 is 21.6 Å². The van der Waals surface area contributed by atoms with Crippen LogP contribution < -0.4 is 4.72 Å². The Bertz CT molecular complexity index is 502. The predicted molar refractivity (Wildman–Crippen MR) is 62.0 cm³/mol. The standard InChI is InChI=1S/C10H11ClF3NO2S/c11-6-3-7-15-18(16,17)9-5-2-1-4-8(9)10(12,13)14/h1-2,4-5,15H,3,6-7H2. The minimum Gasteiger partial charge on any atom is -0.211 e. The maximum Gasteiger partial charge on any atom is 0.417 e. The van der Waals surface area contributed by atoms with E-state index < -0.39 is 26.7 Å². The molecule has 0 saturated heterocycles. The molecule has 0 unspecified atom stereocenters. The summed E-state index contributed by atoms with van der Waals surface area (Å²) in [5.41, 5.74) is -1.18. The zero-order valence-corrected chi connectivity index (χ0v) is 10.7. The summed E-state index contributed by atoms with van der Waals surface area (Å²) in [6.07, 6.45) is -4.37. The SMILES string of the molecule is O=S(=O)(NCCCCl)c1ccccc1C(F)(F)F. The smallest absolute Gasteiger partial charge is 0.211 e. The third-order valence-corrected chi connectivity index (χ3v) is 3.87. The van der Waals surface area contributed by atoms with Gasteiger partial charge in [0.25, 0.3) is 0 Å². The maximum absolute atomic E-state index is 12.7. The summed E-state index contributed by atoms with van der Waals surface area (Å²) in [6.45, 7) is -0.00196. The Morgan fingerprint density at radius 3 is 2.39 bits per heavy atom. The molecule has 0 atom stereocenters. The fourth-order valence-electron chi connectivity index (χ4n) is 1.29. The van der Waals surface area contributed by atoms with Crippen LogP contribution in [0.4, 0.5) is 13.2 Å². The number of hydrogen-bond acceptors (Lipinski definition) is 2. The van der Waals surface area contributed by atoms with E-state index >= 15 is 0 Å². The van der Waals surface area contributed by atoms with Gasteiger partial charge in [-0.3, -0.25) is 0 Å². The monoisotopic (exact) mass is 301 g/mol. The molecule has 8 heteroatoms. The average Bonchev–Trinajstić information content (AvgIpc) is 2.28. The first-order valence-corrected chi connectivity index (χ1v) is 7.02. The second-order valence-electron chi connectivity index (χ2n) is 3.43. The first-order valence-electron chi connectivity index (χ1n) is 5.01. The van der Waals surface area contributed by atoms with E-state index in [4.69, 9.17) is 11.6 Å². The van der Waals surface area contributed by atoms with E-state index in [9.17, 15) is 21.6 Å². The lowest BCUT2D eigenvalue weighted by molar-refractivity contribution is -0.139. The topological polar surface area (TPSA) is 46.2 Å². The number of alkyl halides is 4. The highest BCUT2D eigenvalue weighted by Gasteiger charge is 2.36. The number of hydrogen-bond donors (Lipinski definition) is 1. The van der Waals surface area contributed by atoms with E-state index in [2.05, 4.69) is 4.72 Å². The summed E-state index contributed by atoms with van der Waals surface area (Å²) < 4.78 is 63.5. The van der Waals surface area contributed by atoms with Crippen LogP contribution in [0.15, 0.2) is 29.2 Å². The molecule has 0 spiro atoms. The van der Waals surface area contributed by atoms with Crippen LogP contribution in [-0.2, 0) is 16.2 Å². The molecular formula is C10H11ClF3NO2S. The Hall–Kier alpha value is -0.790. The van der Waals surface area contributed by atoms with Gasteiger partial charge in [-0.25, -0.2) is 13.1 Å². The Kier molecular flexibility index (Phi) is 5.01. The van der Waals surface area contributed by atoms with Crippen LogP contribution in [0.5, 0.6) is 0 Å². The Balaban J connectivity index is 3.09. The van der Waals surface area contributed by atoms with Crippen LogP contribution in [0.1, 0.15) is 12.0 Å². The summed E-state index contributed by atoms with van der Waals surface area (Å²) >= 11 is 5.37. The molecule has 18 heavy (non-hydrogen) atoms. The van der Waals surface area contributed by atoms with Crippen LogP contribution in [0.25, 0.3) is 0 Å². The molecule has 0 bridgehead atoms. The van der Waals surface area contributed by atoms with Crippen molar-refractivity contribution in [2.24, 2.45) is 0 Å². The van der Waals surface area contributed by atoms with Gasteiger partial charge >= 0.3 is 6.18 Å². The van der Waals surface area contributed by atoms with Gasteiger partial charge in [-0.2, -0.15) is 13.2 Å². The normalized spacial score (nSPS) is 12.7. The molecule has 0 aliphatic carbocycles. The van der Waals surface area contributed by atoms with E-state index in [1.807, 2.05) is 0 Å². The number of halogens is 4. The van der Waals surface area contributed by atoms with Gasteiger partial charge < -0.3 is 0 Å². The molecule has 1 aromatic carbocycles. The number of nitrogens with one attached hydrogen (secondary N) is 1. The molecule has 0 saturated carbocycles. The van der Waals surface area contributed by atoms with E-state index in [1.54, 1.807) is 0 Å². The first kappa shape index (κ1) is 15.3. The van der Waals surface area contributed by atoms with Crippen LogP contribution >= 0.6 is 11.6 Å². The average molecular weight is 302 g/mol. The predicted octanol–water partition coefficient (Wildman–Crippen LogP) is 2.61. The second-order valence-corrected chi connectivity index (χ2v) is 5.55. The van der Waals surface area contributed by atoms with Gasteiger partial charge in [0.1, 0.15) is 0 Å². The molecule has 1 rings (SSSR count). The third-order valence-electron chi connectivity index (χ3n) is 2.08. The van der Waals surface area contributed by atoms with Crippen molar-refractivity contribution in [3.8, 4) is 0 Å². The minimum atomic E-state index is -4.71. The Morgan fingerprint density at radius 1 is 1.22 bits per heavy atom. The van der Waals surface area contributed by atoms with E-state index in [0.717, 1.165) is 18.2 Å². The van der Waals surface area contributed by atoms with Crippen LogP contribution in [0, 0.1) is 0 Å². The number of sulfonamides is 1. The van der Waals surface area contributed by atoms with Gasteiger partial charge in [-0.15, -0.1) is 11.6 Å². The first-order chi connectivity index (χ1) is 8.29. The molecule has 1 aromatic rings. The third kappa shape index (κ3) is 3.86. The highest BCUT2D eigenvalue weighted by Crippen LogP contribution is 2.33. The molecule has 0 radical (unpaired) electrons. The lowest BCUT2D eigenvalue weighted by Gasteiger charge is -2.13. The molecule has 0 aliphatic rings. The Morgan fingerprint density at radius 2 is 1.83 bits per heavy atom. The van der Waals surface area contributed by atoms with E-state index in [-0.39, 0.29) is 12.4 Å². The largest absolute Gasteiger partial charge is 0.417 e. The van der Waals surface area contributed by atoms with Crippen LogP contribution in [0.2, 0.25) is 0 Å². The highest BCUT2D eigenvalue weighted by atomic mass is 35.5. The zero-order valence-electron chi connectivity index (χ0n) is 9.17. The second kappa shape index (κ2) is 5.90. The van der Waals surface area contributed by atoms with E-state index in [1.165, 1.54) is 6.07 Å². The molecule has 102 valence electrons. The van der Waals surface area contributed by atoms with Gasteiger partial charge in [-0.1, -0.05) is 12.1 Å². The van der Waals surface area contributed by atoms with Gasteiger partial charge in [0, 0.05) is 12.4 Å². The molecule has 0 aromatic heterocycles. The van der Waals surface area contributed by atoms with Gasteiger partial charge in [0.15, 0.2) is 0 Å². The van der Waals surface area contributed by atoms with Crippen molar-refractivity contribution in [3.63, 3.8) is 0 Å². The molecular weight excluding hydrogens is 291 g/mol. The van der Waals surface area contributed by atoms with Crippen molar-refractivity contribution in [1.82, 2.24) is 4.72 Å². The van der Waals surface area contributed by atoms with Gasteiger partial charge in [0.05, 0.1) is 10.5 Å². The molecule has 3 nitrogen and oxygen atoms in total. The quantitative estimate of drug-likeness (QED) is 0.671. The van der Waals surface area contributed by atoms with Crippen LogP contribution in [-0.4, -0.2) is 20.8 Å². The number of benzene rings is 1. The van der Waals surface area contributed by atoms with E-state index in [0.29, 0.717) is 6.42 Å². The van der Waals surface area contributed by atoms with Gasteiger partial charge in [-0.05, 0) is 18.6 Å². The van der Waals surface area contributed by atoms with Crippen molar-refractivity contribution < 1.29 is 21.6 Å². The van der Waals surface area contributed by atoms with Crippen molar-refractivity contribution in [2.75, 3.05) is 12.4 Å². The summed E-state index contributed by atoms with van der Waals surface area (Å²) in [6, 6.07) is 4.04. The molecule has 0 heterocycles. The molecule has 0 amide bonds. The summed E-state index contributed by atoms with van der Waals surface area (Å²) in [5.74, 6) is 0.226. The lowest BCUT2D eigenvalue weighted by Crippen LogP contribution is -2.27. The molecule has 0 aliphatic heterocycles. The van der Waals surface area contributed by atoms with Crippen molar-refractivity contribution in [3.05, 3.63) is 29.8 Å². The Labute approximate surface area is 108 Å². The summed E-state index contributed by atoms with van der Waals surface area (Å²) in [5, 5.41) is 0. The zero-order chi connectivity index (χ0) is 13.8. The molecule has 1 N–H and O–H groups in total. The van der Waals surface area contributed by atoms with Crippen LogP contribution in [0.3, 0.4) is 0 Å². The maximum atomic E-state index is 12.7. The number of rotatable bonds is 5. The lowest BCUT2D eigenvalue weighted by atomic mass is 10.2. The fourth-order valence-corrected chi connectivity index (χ4v) is 2.72. The summed E-state index contributed by atoms with van der Waals surface area (Å²) in [7, 11) is -4.17. The fraction of sp³-hybridized carbons (Fsp3) is 0.400. The highest BCUT2D eigenvalue weighted by molar-refractivity contribution is 7.89. The molecule has 0 fully saturated rings. The summed E-state index contributed by atoms with van der Waals surface area (Å²) in [4.78, 5) is -0.771.